The molecular formula is C14H25N3OS. The van der Waals surface area contributed by atoms with Gasteiger partial charge >= 0.3 is 0 Å². The Hall–Kier alpha value is -0.650. The van der Waals surface area contributed by atoms with E-state index in [0.29, 0.717) is 12.5 Å². The van der Waals surface area contributed by atoms with E-state index in [1.54, 1.807) is 11.3 Å². The molecule has 2 N–H and O–H groups in total. The lowest BCUT2D eigenvalue weighted by molar-refractivity contribution is 0.0685. The molecule has 19 heavy (non-hydrogen) atoms. The highest BCUT2D eigenvalue weighted by Crippen LogP contribution is 2.30. The molecule has 5 heteroatoms. The number of aromatic nitrogens is 1. The third kappa shape index (κ3) is 3.68. The van der Waals surface area contributed by atoms with Gasteiger partial charge in [0.05, 0.1) is 5.69 Å². The van der Waals surface area contributed by atoms with E-state index in [1.807, 2.05) is 0 Å². The zero-order valence-corrected chi connectivity index (χ0v) is 13.0. The lowest BCUT2D eigenvalue weighted by Gasteiger charge is -2.26. The van der Waals surface area contributed by atoms with Gasteiger partial charge in [0.1, 0.15) is 0 Å². The summed E-state index contributed by atoms with van der Waals surface area (Å²) in [6.07, 6.45) is 2.33. The third-order valence-corrected chi connectivity index (χ3v) is 4.86. The topological polar surface area (TPSA) is 51.4 Å². The summed E-state index contributed by atoms with van der Waals surface area (Å²) in [6.45, 7) is 7.82. The van der Waals surface area contributed by atoms with E-state index in [1.165, 1.54) is 10.6 Å². The molecule has 1 aromatic rings. The fourth-order valence-corrected chi connectivity index (χ4v) is 3.57. The summed E-state index contributed by atoms with van der Waals surface area (Å²) in [7, 11) is 2.14. The van der Waals surface area contributed by atoms with Crippen LogP contribution in [0.1, 0.15) is 43.2 Å². The molecule has 2 heterocycles. The monoisotopic (exact) mass is 283 g/mol. The van der Waals surface area contributed by atoms with Crippen LogP contribution in [-0.4, -0.2) is 31.8 Å². The van der Waals surface area contributed by atoms with E-state index in [0.717, 1.165) is 43.6 Å². The van der Waals surface area contributed by atoms with E-state index in [2.05, 4.69) is 25.8 Å². The van der Waals surface area contributed by atoms with Crippen LogP contribution in [0.4, 0.5) is 5.13 Å². The molecule has 1 aliphatic rings. The first kappa shape index (κ1) is 14.8. The average molecular weight is 283 g/mol. The van der Waals surface area contributed by atoms with E-state index in [4.69, 9.17) is 15.5 Å². The summed E-state index contributed by atoms with van der Waals surface area (Å²) in [5.41, 5.74) is 6.99. The maximum atomic E-state index is 5.82. The number of nitrogens with two attached hydrogens (primary N) is 1. The lowest BCUT2D eigenvalue weighted by Crippen LogP contribution is -2.29. The van der Waals surface area contributed by atoms with Crippen molar-refractivity contribution in [3.8, 4) is 0 Å². The molecule has 0 amide bonds. The third-order valence-electron chi connectivity index (χ3n) is 3.65. The second-order valence-electron chi connectivity index (χ2n) is 5.60. The molecule has 0 unspecified atom stereocenters. The molecular weight excluding hydrogens is 258 g/mol. The van der Waals surface area contributed by atoms with Gasteiger partial charge in [-0.3, -0.25) is 0 Å². The van der Waals surface area contributed by atoms with Crippen LogP contribution in [0.2, 0.25) is 0 Å². The highest BCUT2D eigenvalue weighted by atomic mass is 32.1. The van der Waals surface area contributed by atoms with Crippen molar-refractivity contribution >= 4 is 16.5 Å². The smallest absolute Gasteiger partial charge is 0.185 e. The Balaban J connectivity index is 2.03. The van der Waals surface area contributed by atoms with Gasteiger partial charge in [0.15, 0.2) is 5.13 Å². The maximum absolute atomic E-state index is 5.82. The molecule has 1 aliphatic heterocycles. The van der Waals surface area contributed by atoms with Crippen LogP contribution >= 0.6 is 11.3 Å². The molecule has 1 saturated heterocycles. The van der Waals surface area contributed by atoms with Gasteiger partial charge in [-0.05, 0) is 24.7 Å². The largest absolute Gasteiger partial charge is 0.381 e. The number of ether oxygens (including phenoxy) is 1. The number of hydrogen-bond donors (Lipinski definition) is 1. The predicted octanol–water partition coefficient (Wildman–Crippen LogP) is 2.59. The van der Waals surface area contributed by atoms with Gasteiger partial charge in [0.25, 0.3) is 0 Å². The van der Waals surface area contributed by atoms with Gasteiger partial charge < -0.3 is 15.4 Å². The normalized spacial score (nSPS) is 17.1. The Morgan fingerprint density at radius 1 is 1.42 bits per heavy atom. The standard InChI is InChI=1S/C14H25N3OS/c1-10(2)13-12(8-15)19-14(16-13)17(3)9-11-4-6-18-7-5-11/h10-11H,4-9,15H2,1-3H3. The van der Waals surface area contributed by atoms with E-state index >= 15 is 0 Å². The molecule has 0 bridgehead atoms. The molecule has 1 aromatic heterocycles. The Morgan fingerprint density at radius 2 is 2.11 bits per heavy atom. The van der Waals surface area contributed by atoms with Gasteiger partial charge in [0, 0.05) is 38.2 Å². The zero-order valence-electron chi connectivity index (χ0n) is 12.2. The summed E-state index contributed by atoms with van der Waals surface area (Å²) in [5, 5.41) is 1.11. The molecule has 1 fully saturated rings. The fourth-order valence-electron chi connectivity index (χ4n) is 2.51. The Kier molecular flexibility index (Phi) is 5.19. The highest BCUT2D eigenvalue weighted by Gasteiger charge is 2.19. The first-order chi connectivity index (χ1) is 9.11. The molecule has 0 atom stereocenters. The molecule has 0 radical (unpaired) electrons. The molecule has 0 aliphatic carbocycles. The minimum Gasteiger partial charge on any atom is -0.381 e. The van der Waals surface area contributed by atoms with Gasteiger partial charge in [-0.25, -0.2) is 4.98 Å². The van der Waals surface area contributed by atoms with Crippen LogP contribution in [0, 0.1) is 5.92 Å². The van der Waals surface area contributed by atoms with Gasteiger partial charge in [-0.15, -0.1) is 11.3 Å². The summed E-state index contributed by atoms with van der Waals surface area (Å²) in [5.74, 6) is 1.17. The van der Waals surface area contributed by atoms with Crippen molar-refractivity contribution in [1.29, 1.82) is 0 Å². The summed E-state index contributed by atoms with van der Waals surface area (Å²) in [4.78, 5) is 8.29. The minimum atomic E-state index is 0.444. The molecule has 0 spiro atoms. The van der Waals surface area contributed by atoms with Crippen LogP contribution in [0.3, 0.4) is 0 Å². The fraction of sp³-hybridized carbons (Fsp3) is 0.786. The number of thiazole rings is 1. The summed E-state index contributed by atoms with van der Waals surface area (Å²) in [6, 6.07) is 0. The van der Waals surface area contributed by atoms with Crippen molar-refractivity contribution in [2.24, 2.45) is 11.7 Å². The molecule has 0 aromatic carbocycles. The Labute approximate surface area is 120 Å². The Bertz CT molecular complexity index is 399. The highest BCUT2D eigenvalue weighted by molar-refractivity contribution is 7.15. The van der Waals surface area contributed by atoms with Gasteiger partial charge in [0.2, 0.25) is 0 Å². The van der Waals surface area contributed by atoms with Crippen molar-refractivity contribution in [3.63, 3.8) is 0 Å². The quantitative estimate of drug-likeness (QED) is 0.902. The van der Waals surface area contributed by atoms with E-state index in [9.17, 15) is 0 Å². The molecule has 2 rings (SSSR count). The number of hydrogen-bond acceptors (Lipinski definition) is 5. The molecule has 0 saturated carbocycles. The maximum Gasteiger partial charge on any atom is 0.185 e. The number of nitrogens with zero attached hydrogens (tertiary/aromatic N) is 2. The van der Waals surface area contributed by atoms with Crippen LogP contribution in [0.25, 0.3) is 0 Å². The summed E-state index contributed by atoms with van der Waals surface area (Å²) < 4.78 is 5.41. The first-order valence-corrected chi connectivity index (χ1v) is 7.92. The van der Waals surface area contributed by atoms with Crippen molar-refractivity contribution in [2.75, 3.05) is 31.7 Å². The van der Waals surface area contributed by atoms with Gasteiger partial charge in [-0.1, -0.05) is 13.8 Å². The van der Waals surface area contributed by atoms with Crippen molar-refractivity contribution in [1.82, 2.24) is 4.98 Å². The van der Waals surface area contributed by atoms with Crippen LogP contribution in [0.15, 0.2) is 0 Å². The Morgan fingerprint density at radius 3 is 2.63 bits per heavy atom. The predicted molar refractivity (Wildman–Crippen MR) is 80.9 cm³/mol. The van der Waals surface area contributed by atoms with Crippen molar-refractivity contribution in [3.05, 3.63) is 10.6 Å². The molecule has 4 nitrogen and oxygen atoms in total. The van der Waals surface area contributed by atoms with E-state index in [-0.39, 0.29) is 0 Å². The van der Waals surface area contributed by atoms with E-state index < -0.39 is 0 Å². The van der Waals surface area contributed by atoms with Crippen LogP contribution in [-0.2, 0) is 11.3 Å². The zero-order chi connectivity index (χ0) is 13.8. The van der Waals surface area contributed by atoms with Crippen molar-refractivity contribution < 1.29 is 4.74 Å². The average Bonchev–Trinajstić information content (AvgIpc) is 2.84. The van der Waals surface area contributed by atoms with Gasteiger partial charge in [-0.2, -0.15) is 0 Å². The number of anilines is 1. The second-order valence-corrected chi connectivity index (χ2v) is 6.66. The SMILES string of the molecule is CC(C)c1nc(N(C)CC2CCOCC2)sc1CN. The molecule has 108 valence electrons. The van der Waals surface area contributed by atoms with Crippen LogP contribution in [0.5, 0.6) is 0 Å². The summed E-state index contributed by atoms with van der Waals surface area (Å²) >= 11 is 1.74. The lowest BCUT2D eigenvalue weighted by atomic mass is 10.0. The second kappa shape index (κ2) is 6.68. The minimum absolute atomic E-state index is 0.444. The van der Waals surface area contributed by atoms with Crippen LogP contribution < -0.4 is 10.6 Å². The van der Waals surface area contributed by atoms with Crippen molar-refractivity contribution in [2.45, 2.75) is 39.2 Å². The number of rotatable bonds is 5. The first-order valence-electron chi connectivity index (χ1n) is 7.10.